The van der Waals surface area contributed by atoms with Gasteiger partial charge in [-0.1, -0.05) is 31.5 Å². The van der Waals surface area contributed by atoms with Crippen molar-refractivity contribution in [1.29, 1.82) is 0 Å². The lowest BCUT2D eigenvalue weighted by molar-refractivity contribution is 0.187. The summed E-state index contributed by atoms with van der Waals surface area (Å²) < 4.78 is 6.02. The topological polar surface area (TPSA) is 51.4 Å². The van der Waals surface area contributed by atoms with Crippen LogP contribution >= 0.6 is 0 Å². The van der Waals surface area contributed by atoms with Crippen LogP contribution in [0, 0.1) is 0 Å². The zero-order chi connectivity index (χ0) is 15.9. The smallest absolute Gasteiger partial charge is 0.221 e. The average molecular weight is 301 g/mol. The number of aryl methyl sites for hydroxylation is 1. The van der Waals surface area contributed by atoms with Crippen LogP contribution in [0.3, 0.4) is 0 Å². The number of hydrogen-bond donors (Lipinski definition) is 1. The highest BCUT2D eigenvalue weighted by atomic mass is 16.5. The molecule has 0 saturated carbocycles. The molecule has 0 aliphatic rings. The van der Waals surface area contributed by atoms with Crippen molar-refractivity contribution in [3.8, 4) is 5.88 Å². The quantitative estimate of drug-likeness (QED) is 0.814. The lowest BCUT2D eigenvalue weighted by Gasteiger charge is -2.23. The molecule has 22 heavy (non-hydrogen) atoms. The van der Waals surface area contributed by atoms with E-state index in [1.165, 1.54) is 11.8 Å². The summed E-state index contributed by atoms with van der Waals surface area (Å²) in [4.78, 5) is 6.81. The fourth-order valence-corrected chi connectivity index (χ4v) is 2.42. The number of pyridine rings is 1. The van der Waals surface area contributed by atoms with Crippen molar-refractivity contribution in [2.45, 2.75) is 32.2 Å². The van der Waals surface area contributed by atoms with Crippen molar-refractivity contribution < 1.29 is 4.74 Å². The number of ether oxygens (including phenoxy) is 1. The van der Waals surface area contributed by atoms with Gasteiger partial charge in [0.05, 0.1) is 6.04 Å². The zero-order valence-electron chi connectivity index (χ0n) is 13.9. The van der Waals surface area contributed by atoms with Gasteiger partial charge in [-0.25, -0.2) is 4.98 Å². The van der Waals surface area contributed by atoms with Crippen molar-refractivity contribution in [2.24, 2.45) is 5.73 Å². The highest BCUT2D eigenvalue weighted by Crippen LogP contribution is 2.25. The van der Waals surface area contributed by atoms with Gasteiger partial charge in [-0.15, -0.1) is 0 Å². The number of aromatic nitrogens is 1. The third kappa shape index (κ3) is 4.18. The largest absolute Gasteiger partial charge is 0.475 e. The molecule has 0 aliphatic heterocycles. The summed E-state index contributed by atoms with van der Waals surface area (Å²) in [5, 5.41) is 2.25. The highest BCUT2D eigenvalue weighted by Gasteiger charge is 2.13. The Balaban J connectivity index is 2.25. The fourth-order valence-electron chi connectivity index (χ4n) is 2.42. The minimum atomic E-state index is 0.194. The normalized spacial score (nSPS) is 12.8. The van der Waals surface area contributed by atoms with E-state index in [1.807, 2.05) is 20.2 Å². The van der Waals surface area contributed by atoms with Crippen molar-refractivity contribution in [2.75, 3.05) is 27.2 Å². The van der Waals surface area contributed by atoms with E-state index in [0.29, 0.717) is 13.2 Å². The minimum absolute atomic E-state index is 0.194. The molecular weight excluding hydrogens is 274 g/mol. The predicted octanol–water partition coefficient (Wildman–Crippen LogP) is 2.85. The molecular formula is C18H27N3O. The first-order valence-corrected chi connectivity index (χ1v) is 8.03. The zero-order valence-corrected chi connectivity index (χ0v) is 13.9. The maximum absolute atomic E-state index is 6.02. The third-order valence-corrected chi connectivity index (χ3v) is 3.96. The van der Waals surface area contributed by atoms with Crippen molar-refractivity contribution in [1.82, 2.24) is 9.88 Å². The van der Waals surface area contributed by atoms with Crippen LogP contribution in [0.1, 0.15) is 25.5 Å². The summed E-state index contributed by atoms with van der Waals surface area (Å²) in [6, 6.07) is 10.6. The molecule has 4 nitrogen and oxygen atoms in total. The van der Waals surface area contributed by atoms with Gasteiger partial charge in [0.15, 0.2) is 0 Å². The number of nitrogens with two attached hydrogens (primary N) is 1. The summed E-state index contributed by atoms with van der Waals surface area (Å²) >= 11 is 0. The summed E-state index contributed by atoms with van der Waals surface area (Å²) in [7, 11) is 4.04. The summed E-state index contributed by atoms with van der Waals surface area (Å²) in [5.74, 6) is 0.726. The second-order valence-corrected chi connectivity index (χ2v) is 5.91. The monoisotopic (exact) mass is 301 g/mol. The first-order chi connectivity index (χ1) is 10.7. The second-order valence-electron chi connectivity index (χ2n) is 5.91. The molecule has 2 rings (SSSR count). The van der Waals surface area contributed by atoms with Crippen LogP contribution in [-0.4, -0.2) is 43.2 Å². The molecule has 0 aliphatic carbocycles. The van der Waals surface area contributed by atoms with Gasteiger partial charge in [-0.3, -0.25) is 0 Å². The van der Waals surface area contributed by atoms with E-state index < -0.39 is 0 Å². The Morgan fingerprint density at radius 2 is 2.05 bits per heavy atom. The molecule has 1 aromatic heterocycles. The Kier molecular flexibility index (Phi) is 6.16. The SMILES string of the molecule is CCCCc1cc2ccccc2c(OCC(CN)N(C)C)n1. The Morgan fingerprint density at radius 1 is 1.27 bits per heavy atom. The molecule has 0 fully saturated rings. The molecule has 0 spiro atoms. The number of likely N-dealkylation sites (N-methyl/N-ethyl adjacent to an activating group) is 1. The van der Waals surface area contributed by atoms with Crippen LogP contribution in [0.5, 0.6) is 5.88 Å². The van der Waals surface area contributed by atoms with Gasteiger partial charge in [0.2, 0.25) is 5.88 Å². The number of unbranched alkanes of at least 4 members (excludes halogenated alkanes) is 1. The van der Waals surface area contributed by atoms with E-state index in [1.54, 1.807) is 0 Å². The number of hydrogen-bond acceptors (Lipinski definition) is 4. The van der Waals surface area contributed by atoms with Gasteiger partial charge in [0.25, 0.3) is 0 Å². The van der Waals surface area contributed by atoms with Gasteiger partial charge in [-0.2, -0.15) is 0 Å². The molecule has 0 radical (unpaired) electrons. The van der Waals surface area contributed by atoms with Crippen molar-refractivity contribution >= 4 is 10.8 Å². The van der Waals surface area contributed by atoms with Crippen LogP contribution in [0.25, 0.3) is 10.8 Å². The van der Waals surface area contributed by atoms with Gasteiger partial charge in [0.1, 0.15) is 6.61 Å². The summed E-state index contributed by atoms with van der Waals surface area (Å²) in [6.45, 7) is 3.32. The van der Waals surface area contributed by atoms with Crippen LogP contribution in [0.15, 0.2) is 30.3 Å². The van der Waals surface area contributed by atoms with E-state index >= 15 is 0 Å². The first-order valence-electron chi connectivity index (χ1n) is 8.03. The minimum Gasteiger partial charge on any atom is -0.475 e. The van der Waals surface area contributed by atoms with E-state index in [2.05, 4.69) is 36.1 Å². The van der Waals surface area contributed by atoms with Gasteiger partial charge in [0, 0.05) is 17.6 Å². The lowest BCUT2D eigenvalue weighted by atomic mass is 10.1. The fraction of sp³-hybridized carbons (Fsp3) is 0.500. The Morgan fingerprint density at radius 3 is 2.73 bits per heavy atom. The lowest BCUT2D eigenvalue weighted by Crippen LogP contribution is -2.40. The number of nitrogens with zero attached hydrogens (tertiary/aromatic N) is 2. The van der Waals surface area contributed by atoms with Gasteiger partial charge >= 0.3 is 0 Å². The molecule has 4 heteroatoms. The number of rotatable bonds is 8. The molecule has 1 aromatic carbocycles. The van der Waals surface area contributed by atoms with Crippen LogP contribution < -0.4 is 10.5 Å². The van der Waals surface area contributed by atoms with Crippen LogP contribution in [0.2, 0.25) is 0 Å². The highest BCUT2D eigenvalue weighted by molar-refractivity contribution is 5.87. The maximum Gasteiger partial charge on any atom is 0.221 e. The molecule has 1 atom stereocenters. The van der Waals surface area contributed by atoms with E-state index in [9.17, 15) is 0 Å². The molecule has 2 aromatic rings. The van der Waals surface area contributed by atoms with Crippen LogP contribution in [-0.2, 0) is 6.42 Å². The molecule has 0 bridgehead atoms. The summed E-state index contributed by atoms with van der Waals surface area (Å²) in [5.41, 5.74) is 6.91. The molecule has 1 unspecified atom stereocenters. The Labute approximate surface area is 133 Å². The summed E-state index contributed by atoms with van der Waals surface area (Å²) in [6.07, 6.45) is 3.31. The first kappa shape index (κ1) is 16.7. The molecule has 120 valence electrons. The van der Waals surface area contributed by atoms with Gasteiger partial charge in [-0.05, 0) is 44.5 Å². The standard InChI is InChI=1S/C18H27N3O/c1-4-5-9-15-11-14-8-6-7-10-17(14)18(20-15)22-13-16(12-19)21(2)3/h6-8,10-11,16H,4-5,9,12-13,19H2,1-3H3. The maximum atomic E-state index is 6.02. The molecule has 1 heterocycles. The van der Waals surface area contributed by atoms with E-state index in [0.717, 1.165) is 29.8 Å². The second kappa shape index (κ2) is 8.11. The predicted molar refractivity (Wildman–Crippen MR) is 92.4 cm³/mol. The Bertz CT molecular complexity index is 598. The third-order valence-electron chi connectivity index (χ3n) is 3.96. The average Bonchev–Trinajstić information content (AvgIpc) is 2.53. The van der Waals surface area contributed by atoms with Gasteiger partial charge < -0.3 is 15.4 Å². The Hall–Kier alpha value is -1.65. The van der Waals surface area contributed by atoms with Crippen molar-refractivity contribution in [3.05, 3.63) is 36.0 Å². The molecule has 0 amide bonds. The number of benzene rings is 1. The molecule has 0 saturated heterocycles. The van der Waals surface area contributed by atoms with E-state index in [4.69, 9.17) is 15.5 Å². The van der Waals surface area contributed by atoms with Crippen molar-refractivity contribution in [3.63, 3.8) is 0 Å². The van der Waals surface area contributed by atoms with Crippen LogP contribution in [0.4, 0.5) is 0 Å². The van der Waals surface area contributed by atoms with E-state index in [-0.39, 0.29) is 6.04 Å². The molecule has 2 N–H and O–H groups in total. The number of fused-ring (bicyclic) bond motifs is 1.